The molecule has 0 aromatic heterocycles. The third-order valence-electron chi connectivity index (χ3n) is 2.38. The molecule has 0 aromatic rings. The van der Waals surface area contributed by atoms with Crippen LogP contribution in [-0.4, -0.2) is 56.6 Å². The summed E-state index contributed by atoms with van der Waals surface area (Å²) >= 11 is 0. The Labute approximate surface area is 87.6 Å². The van der Waals surface area contributed by atoms with E-state index in [0.29, 0.717) is 0 Å². The van der Waals surface area contributed by atoms with Crippen molar-refractivity contribution >= 4 is 5.91 Å². The average Bonchev–Trinajstić information content (AvgIpc) is 2.42. The Hall–Kier alpha value is -0.750. The summed E-state index contributed by atoms with van der Waals surface area (Å²) in [6, 6.07) is -0.508. The number of nitrogens with zero attached hydrogens (tertiary/aromatic N) is 1. The van der Waals surface area contributed by atoms with E-state index in [1.807, 2.05) is 0 Å². The first-order valence-electron chi connectivity index (χ1n) is 4.81. The Morgan fingerprint density at radius 1 is 1.67 bits per heavy atom. The second-order valence-corrected chi connectivity index (χ2v) is 3.72. The minimum Gasteiger partial charge on any atom is -0.383 e. The molecule has 0 spiro atoms. The Morgan fingerprint density at radius 2 is 2.33 bits per heavy atom. The molecule has 1 rings (SSSR count). The highest BCUT2D eigenvalue weighted by molar-refractivity contribution is 5.79. The van der Waals surface area contributed by atoms with Gasteiger partial charge in [0.15, 0.2) is 0 Å². The molecule has 4 nitrogen and oxygen atoms in total. The number of amides is 1. The van der Waals surface area contributed by atoms with E-state index >= 15 is 0 Å². The van der Waals surface area contributed by atoms with Crippen molar-refractivity contribution in [1.29, 1.82) is 0 Å². The second-order valence-electron chi connectivity index (χ2n) is 3.72. The van der Waals surface area contributed by atoms with Crippen LogP contribution in [0.15, 0.2) is 0 Å². The van der Waals surface area contributed by atoms with E-state index in [1.165, 1.54) is 12.0 Å². The molecule has 1 aliphatic heterocycles. The number of methoxy groups -OCH3 is 1. The zero-order valence-electron chi connectivity index (χ0n) is 8.93. The van der Waals surface area contributed by atoms with Crippen molar-refractivity contribution in [2.24, 2.45) is 0 Å². The van der Waals surface area contributed by atoms with Crippen molar-refractivity contribution in [3.63, 3.8) is 0 Å². The molecule has 0 aliphatic carbocycles. The van der Waals surface area contributed by atoms with Crippen molar-refractivity contribution < 1.29 is 18.3 Å². The molecule has 0 radical (unpaired) electrons. The fourth-order valence-corrected chi connectivity index (χ4v) is 1.78. The SMILES string of the molecule is CNCC(=O)N1CC(F)(F)C[C@H]1COC. The van der Waals surface area contributed by atoms with E-state index in [9.17, 15) is 13.6 Å². The predicted molar refractivity (Wildman–Crippen MR) is 50.9 cm³/mol. The average molecular weight is 222 g/mol. The van der Waals surface area contributed by atoms with Gasteiger partial charge in [0.25, 0.3) is 5.92 Å². The van der Waals surface area contributed by atoms with Gasteiger partial charge in [0.2, 0.25) is 5.91 Å². The van der Waals surface area contributed by atoms with E-state index in [1.54, 1.807) is 7.05 Å². The first kappa shape index (κ1) is 12.3. The molecule has 88 valence electrons. The van der Waals surface area contributed by atoms with Crippen LogP contribution in [0.4, 0.5) is 8.78 Å². The zero-order chi connectivity index (χ0) is 11.5. The molecule has 1 N–H and O–H groups in total. The maximum Gasteiger partial charge on any atom is 0.267 e. The molecular weight excluding hydrogens is 206 g/mol. The van der Waals surface area contributed by atoms with Crippen molar-refractivity contribution in [3.05, 3.63) is 0 Å². The minimum absolute atomic E-state index is 0.0797. The molecule has 1 heterocycles. The maximum absolute atomic E-state index is 13.1. The number of carbonyl (C=O) groups is 1. The van der Waals surface area contributed by atoms with Crippen molar-refractivity contribution in [1.82, 2.24) is 10.2 Å². The van der Waals surface area contributed by atoms with Crippen LogP contribution >= 0.6 is 0 Å². The van der Waals surface area contributed by atoms with Gasteiger partial charge in [0.05, 0.1) is 25.7 Å². The van der Waals surface area contributed by atoms with Crippen LogP contribution in [-0.2, 0) is 9.53 Å². The molecule has 1 fully saturated rings. The van der Waals surface area contributed by atoms with Gasteiger partial charge in [-0.3, -0.25) is 4.79 Å². The predicted octanol–water partition coefficient (Wildman–Crippen LogP) is 0.0884. The highest BCUT2D eigenvalue weighted by atomic mass is 19.3. The quantitative estimate of drug-likeness (QED) is 0.733. The molecule has 0 saturated carbocycles. The lowest BCUT2D eigenvalue weighted by Crippen LogP contribution is -2.42. The van der Waals surface area contributed by atoms with E-state index in [-0.39, 0.29) is 25.5 Å². The summed E-state index contributed by atoms with van der Waals surface area (Å²) in [5.41, 5.74) is 0. The summed E-state index contributed by atoms with van der Waals surface area (Å²) in [5.74, 6) is -3.09. The smallest absolute Gasteiger partial charge is 0.267 e. The third kappa shape index (κ3) is 3.10. The number of alkyl halides is 2. The van der Waals surface area contributed by atoms with E-state index in [2.05, 4.69) is 5.32 Å². The molecule has 6 heteroatoms. The number of hydrogen-bond donors (Lipinski definition) is 1. The lowest BCUT2D eigenvalue weighted by Gasteiger charge is -2.23. The van der Waals surface area contributed by atoms with Crippen LogP contribution < -0.4 is 5.32 Å². The van der Waals surface area contributed by atoms with E-state index in [0.717, 1.165) is 0 Å². The minimum atomic E-state index is -2.79. The Morgan fingerprint density at radius 3 is 2.87 bits per heavy atom. The number of nitrogens with one attached hydrogen (secondary N) is 1. The molecule has 1 aliphatic rings. The van der Waals surface area contributed by atoms with Gasteiger partial charge in [0.1, 0.15) is 0 Å². The Balaban J connectivity index is 2.64. The van der Waals surface area contributed by atoms with Gasteiger partial charge in [-0.25, -0.2) is 8.78 Å². The van der Waals surface area contributed by atoms with Gasteiger partial charge in [-0.05, 0) is 7.05 Å². The van der Waals surface area contributed by atoms with Crippen LogP contribution in [0.2, 0.25) is 0 Å². The summed E-state index contributed by atoms with van der Waals surface area (Å²) in [6.07, 6.45) is -0.309. The standard InChI is InChI=1S/C9H16F2N2O2/c1-12-4-8(14)13-6-9(10,11)3-7(13)5-15-2/h7,12H,3-6H2,1-2H3/t7-/m0/s1. The summed E-state index contributed by atoms with van der Waals surface area (Å²) in [4.78, 5) is 12.7. The molecule has 0 unspecified atom stereocenters. The van der Waals surface area contributed by atoms with Gasteiger partial charge in [-0.15, -0.1) is 0 Å². The molecule has 0 bridgehead atoms. The fraction of sp³-hybridized carbons (Fsp3) is 0.889. The number of rotatable bonds is 4. The van der Waals surface area contributed by atoms with E-state index < -0.39 is 18.5 Å². The molecule has 1 amide bonds. The number of likely N-dealkylation sites (N-methyl/N-ethyl adjacent to an activating group) is 1. The number of ether oxygens (including phenoxy) is 1. The van der Waals surface area contributed by atoms with Crippen LogP contribution in [0.5, 0.6) is 0 Å². The summed E-state index contributed by atoms with van der Waals surface area (Å²) in [5, 5.41) is 2.66. The van der Waals surface area contributed by atoms with Crippen LogP contribution in [0.25, 0.3) is 0 Å². The Bertz CT molecular complexity index is 236. The number of hydrogen-bond acceptors (Lipinski definition) is 3. The van der Waals surface area contributed by atoms with Crippen molar-refractivity contribution in [2.75, 3.05) is 33.9 Å². The van der Waals surface area contributed by atoms with Gasteiger partial charge >= 0.3 is 0 Å². The normalized spacial score (nSPS) is 24.5. The molecule has 1 saturated heterocycles. The Kier molecular flexibility index (Phi) is 3.98. The maximum atomic E-state index is 13.1. The van der Waals surface area contributed by atoms with Gasteiger partial charge in [-0.1, -0.05) is 0 Å². The number of carbonyl (C=O) groups excluding carboxylic acids is 1. The van der Waals surface area contributed by atoms with E-state index in [4.69, 9.17) is 4.74 Å². The van der Waals surface area contributed by atoms with Crippen LogP contribution in [0, 0.1) is 0 Å². The van der Waals surface area contributed by atoms with Crippen molar-refractivity contribution in [3.8, 4) is 0 Å². The summed E-state index contributed by atoms with van der Waals surface area (Å²) in [6.45, 7) is -0.261. The lowest BCUT2D eigenvalue weighted by molar-refractivity contribution is -0.132. The van der Waals surface area contributed by atoms with Crippen LogP contribution in [0.1, 0.15) is 6.42 Å². The zero-order valence-corrected chi connectivity index (χ0v) is 8.93. The highest BCUT2D eigenvalue weighted by Crippen LogP contribution is 2.31. The fourth-order valence-electron chi connectivity index (χ4n) is 1.78. The third-order valence-corrected chi connectivity index (χ3v) is 2.38. The molecular formula is C9H16F2N2O2. The van der Waals surface area contributed by atoms with Crippen molar-refractivity contribution in [2.45, 2.75) is 18.4 Å². The largest absolute Gasteiger partial charge is 0.383 e. The number of likely N-dealkylation sites (tertiary alicyclic amines) is 1. The second kappa shape index (κ2) is 4.85. The monoisotopic (exact) mass is 222 g/mol. The summed E-state index contributed by atoms with van der Waals surface area (Å²) in [7, 11) is 3.05. The first-order chi connectivity index (χ1) is 7.00. The number of halogens is 2. The molecule has 15 heavy (non-hydrogen) atoms. The van der Waals surface area contributed by atoms with Gasteiger partial charge < -0.3 is 15.0 Å². The van der Waals surface area contributed by atoms with Gasteiger partial charge in [-0.2, -0.15) is 0 Å². The topological polar surface area (TPSA) is 41.6 Å². The van der Waals surface area contributed by atoms with Gasteiger partial charge in [0, 0.05) is 13.5 Å². The molecule has 1 atom stereocenters. The lowest BCUT2D eigenvalue weighted by atomic mass is 10.2. The molecule has 0 aromatic carbocycles. The highest BCUT2D eigenvalue weighted by Gasteiger charge is 2.46. The summed E-state index contributed by atoms with van der Waals surface area (Å²) < 4.78 is 31.0. The van der Waals surface area contributed by atoms with Crippen LogP contribution in [0.3, 0.4) is 0 Å². The first-order valence-corrected chi connectivity index (χ1v) is 4.81.